The van der Waals surface area contributed by atoms with E-state index < -0.39 is 0 Å². The molecule has 1 rings (SSSR count). The molecule has 0 amide bonds. The summed E-state index contributed by atoms with van der Waals surface area (Å²) in [7, 11) is 0. The van der Waals surface area contributed by atoms with Gasteiger partial charge < -0.3 is 0 Å². The van der Waals surface area contributed by atoms with Gasteiger partial charge in [0.25, 0.3) is 0 Å². The first-order valence-electron chi connectivity index (χ1n) is 3.50. The van der Waals surface area contributed by atoms with Crippen molar-refractivity contribution in [1.29, 1.82) is 5.26 Å². The Labute approximate surface area is 75.4 Å². The van der Waals surface area contributed by atoms with Crippen LogP contribution in [0.25, 0.3) is 0 Å². The minimum Gasteiger partial charge on any atom is -0.293 e. The second kappa shape index (κ2) is 4.65. The third-order valence-corrected chi connectivity index (χ3v) is 1.95. The van der Waals surface area contributed by atoms with Crippen LogP contribution in [0.1, 0.15) is 11.7 Å². The molecule has 0 bridgehead atoms. The molecule has 0 aliphatic heterocycles. The summed E-state index contributed by atoms with van der Waals surface area (Å²) < 4.78 is 0. The van der Waals surface area contributed by atoms with E-state index in [-0.39, 0.29) is 6.04 Å². The van der Waals surface area contributed by atoms with E-state index >= 15 is 0 Å². The molecule has 12 heavy (non-hydrogen) atoms. The molecule has 0 saturated heterocycles. The predicted octanol–water partition coefficient (Wildman–Crippen LogP) is 1.48. The van der Waals surface area contributed by atoms with Gasteiger partial charge in [0.05, 0.1) is 17.3 Å². The molecule has 0 fully saturated rings. The second-order valence-corrected chi connectivity index (χ2v) is 2.89. The van der Waals surface area contributed by atoms with Gasteiger partial charge in [0.2, 0.25) is 0 Å². The van der Waals surface area contributed by atoms with Crippen molar-refractivity contribution < 1.29 is 0 Å². The van der Waals surface area contributed by atoms with Crippen LogP contribution in [0.15, 0.2) is 23.5 Å². The van der Waals surface area contributed by atoms with Crippen molar-refractivity contribution in [2.45, 2.75) is 6.04 Å². The fourth-order valence-corrected chi connectivity index (χ4v) is 1.36. The molecule has 1 heterocycles. The summed E-state index contributed by atoms with van der Waals surface area (Å²) in [6, 6.07) is 1.81. The zero-order valence-corrected chi connectivity index (χ0v) is 7.34. The highest BCUT2D eigenvalue weighted by Crippen LogP contribution is 2.10. The van der Waals surface area contributed by atoms with Crippen molar-refractivity contribution in [3.63, 3.8) is 0 Å². The van der Waals surface area contributed by atoms with E-state index in [0.717, 1.165) is 5.69 Å². The number of aromatic nitrogens is 1. The maximum Gasteiger partial charge on any atom is 0.139 e. The van der Waals surface area contributed by atoms with Gasteiger partial charge in [0.15, 0.2) is 0 Å². The fraction of sp³-hybridized carbons (Fsp3) is 0.250. The highest BCUT2D eigenvalue weighted by atomic mass is 32.1. The average molecular weight is 179 g/mol. The Morgan fingerprint density at radius 2 is 2.75 bits per heavy atom. The Balaban J connectivity index is 2.59. The number of thiazole rings is 1. The Hall–Kier alpha value is -1.18. The summed E-state index contributed by atoms with van der Waals surface area (Å²) in [5.41, 5.74) is 2.50. The number of rotatable bonds is 4. The SMILES string of the molecule is C=CCNC(C#N)c1cscn1. The molecule has 1 N–H and O–H groups in total. The second-order valence-electron chi connectivity index (χ2n) is 2.17. The van der Waals surface area contributed by atoms with Gasteiger partial charge in [-0.25, -0.2) is 4.98 Å². The van der Waals surface area contributed by atoms with Crippen LogP contribution >= 0.6 is 11.3 Å². The number of nitriles is 1. The van der Waals surface area contributed by atoms with E-state index in [4.69, 9.17) is 5.26 Å². The third kappa shape index (κ3) is 2.16. The molecule has 62 valence electrons. The van der Waals surface area contributed by atoms with Gasteiger partial charge in [-0.15, -0.1) is 17.9 Å². The predicted molar refractivity (Wildman–Crippen MR) is 48.7 cm³/mol. The summed E-state index contributed by atoms with van der Waals surface area (Å²) in [4.78, 5) is 4.04. The molecule has 4 heteroatoms. The van der Waals surface area contributed by atoms with Crippen LogP contribution < -0.4 is 5.32 Å². The van der Waals surface area contributed by atoms with Gasteiger partial charge in [-0.3, -0.25) is 5.32 Å². The average Bonchev–Trinajstić information content (AvgIpc) is 2.59. The Bertz CT molecular complexity index is 273. The zero-order valence-electron chi connectivity index (χ0n) is 6.53. The van der Waals surface area contributed by atoms with Crippen LogP contribution in [0.5, 0.6) is 0 Å². The highest BCUT2D eigenvalue weighted by molar-refractivity contribution is 7.07. The molecular formula is C8H9N3S. The van der Waals surface area contributed by atoms with Gasteiger partial charge in [0, 0.05) is 11.9 Å². The molecule has 1 aromatic heterocycles. The molecule has 0 spiro atoms. The lowest BCUT2D eigenvalue weighted by Gasteiger charge is -2.05. The van der Waals surface area contributed by atoms with Gasteiger partial charge >= 0.3 is 0 Å². The summed E-state index contributed by atoms with van der Waals surface area (Å²) in [6.45, 7) is 4.18. The molecule has 0 aromatic carbocycles. The molecule has 1 unspecified atom stereocenters. The minimum atomic E-state index is -0.311. The molecule has 0 radical (unpaired) electrons. The van der Waals surface area contributed by atoms with E-state index in [1.54, 1.807) is 11.6 Å². The lowest BCUT2D eigenvalue weighted by atomic mass is 10.2. The number of hydrogen-bond donors (Lipinski definition) is 1. The first-order valence-corrected chi connectivity index (χ1v) is 4.44. The van der Waals surface area contributed by atoms with Crippen molar-refractivity contribution in [3.05, 3.63) is 29.2 Å². The van der Waals surface area contributed by atoms with E-state index in [9.17, 15) is 0 Å². The maximum atomic E-state index is 8.74. The summed E-state index contributed by atoms with van der Waals surface area (Å²) in [5.74, 6) is 0. The van der Waals surface area contributed by atoms with Crippen molar-refractivity contribution in [2.75, 3.05) is 6.54 Å². The van der Waals surface area contributed by atoms with Crippen LogP contribution in [-0.4, -0.2) is 11.5 Å². The lowest BCUT2D eigenvalue weighted by molar-refractivity contribution is 0.669. The van der Waals surface area contributed by atoms with Crippen molar-refractivity contribution in [1.82, 2.24) is 10.3 Å². The highest BCUT2D eigenvalue weighted by Gasteiger charge is 2.09. The topological polar surface area (TPSA) is 48.7 Å². The molecule has 0 aliphatic carbocycles. The summed E-state index contributed by atoms with van der Waals surface area (Å²) in [5, 5.41) is 13.6. The van der Waals surface area contributed by atoms with Gasteiger partial charge in [-0.05, 0) is 0 Å². The Kier molecular flexibility index (Phi) is 3.45. The largest absolute Gasteiger partial charge is 0.293 e. The lowest BCUT2D eigenvalue weighted by Crippen LogP contribution is -2.19. The molecule has 1 atom stereocenters. The van der Waals surface area contributed by atoms with E-state index in [2.05, 4.69) is 22.9 Å². The van der Waals surface area contributed by atoms with E-state index in [1.807, 2.05) is 5.38 Å². The molecular weight excluding hydrogens is 170 g/mol. The summed E-state index contributed by atoms with van der Waals surface area (Å²) in [6.07, 6.45) is 1.72. The van der Waals surface area contributed by atoms with E-state index in [0.29, 0.717) is 6.54 Å². The van der Waals surface area contributed by atoms with Crippen molar-refractivity contribution >= 4 is 11.3 Å². The standard InChI is InChI=1S/C8H9N3S/c1-2-3-10-7(4-9)8-5-12-6-11-8/h2,5-7,10H,1,3H2. The van der Waals surface area contributed by atoms with Crippen molar-refractivity contribution in [2.24, 2.45) is 0 Å². The monoisotopic (exact) mass is 179 g/mol. The van der Waals surface area contributed by atoms with Crippen molar-refractivity contribution in [3.8, 4) is 6.07 Å². The molecule has 0 saturated carbocycles. The van der Waals surface area contributed by atoms with Crippen LogP contribution in [0.4, 0.5) is 0 Å². The van der Waals surface area contributed by atoms with Gasteiger partial charge in [-0.1, -0.05) is 6.08 Å². The van der Waals surface area contributed by atoms with Crippen LogP contribution in [0.2, 0.25) is 0 Å². The Morgan fingerprint density at radius 3 is 3.25 bits per heavy atom. The quantitative estimate of drug-likeness (QED) is 0.712. The van der Waals surface area contributed by atoms with Crippen LogP contribution in [-0.2, 0) is 0 Å². The van der Waals surface area contributed by atoms with E-state index in [1.165, 1.54) is 11.3 Å². The maximum absolute atomic E-state index is 8.74. The smallest absolute Gasteiger partial charge is 0.139 e. The normalized spacial score (nSPS) is 11.9. The Morgan fingerprint density at radius 1 is 1.92 bits per heavy atom. The molecule has 0 aliphatic rings. The molecule has 1 aromatic rings. The number of nitrogens with zero attached hydrogens (tertiary/aromatic N) is 2. The number of nitrogens with one attached hydrogen (secondary N) is 1. The summed E-state index contributed by atoms with van der Waals surface area (Å²) >= 11 is 1.49. The van der Waals surface area contributed by atoms with Crippen LogP contribution in [0.3, 0.4) is 0 Å². The van der Waals surface area contributed by atoms with Gasteiger partial charge in [-0.2, -0.15) is 5.26 Å². The first-order chi connectivity index (χ1) is 5.88. The zero-order chi connectivity index (χ0) is 8.81. The fourth-order valence-electron chi connectivity index (χ4n) is 0.782. The molecule has 3 nitrogen and oxygen atoms in total. The minimum absolute atomic E-state index is 0.311. The number of hydrogen-bond acceptors (Lipinski definition) is 4. The van der Waals surface area contributed by atoms with Crippen LogP contribution in [0, 0.1) is 11.3 Å². The third-order valence-electron chi connectivity index (χ3n) is 1.34. The first kappa shape index (κ1) is 8.91. The van der Waals surface area contributed by atoms with Gasteiger partial charge in [0.1, 0.15) is 6.04 Å².